The van der Waals surface area contributed by atoms with Crippen LogP contribution < -0.4 is 16.0 Å². The molecule has 3 N–H and O–H groups in total. The third-order valence-corrected chi connectivity index (χ3v) is 2.69. The van der Waals surface area contributed by atoms with E-state index in [1.807, 2.05) is 0 Å². The average molecular weight is 262 g/mol. The number of anilines is 1. The van der Waals surface area contributed by atoms with Gasteiger partial charge in [0.25, 0.3) is 0 Å². The first-order valence-electron chi connectivity index (χ1n) is 5.58. The van der Waals surface area contributed by atoms with Crippen molar-refractivity contribution in [3.05, 3.63) is 11.9 Å². The lowest BCUT2D eigenvalue weighted by Crippen LogP contribution is -2.18. The second-order valence-corrected chi connectivity index (χ2v) is 4.08. The molecule has 0 unspecified atom stereocenters. The van der Waals surface area contributed by atoms with E-state index in [0.717, 1.165) is 25.7 Å². The summed E-state index contributed by atoms with van der Waals surface area (Å²) in [5.41, 5.74) is 2.07. The zero-order chi connectivity index (χ0) is 13.2. The Morgan fingerprint density at radius 3 is 2.50 bits per heavy atom. The summed E-state index contributed by atoms with van der Waals surface area (Å²) < 4.78 is 43.1. The molecule has 0 atom stereocenters. The molecule has 2 rings (SSSR count). The van der Waals surface area contributed by atoms with Crippen LogP contribution in [-0.4, -0.2) is 16.1 Å². The van der Waals surface area contributed by atoms with E-state index in [2.05, 4.69) is 15.4 Å². The number of rotatable bonds is 3. The van der Waals surface area contributed by atoms with Crippen molar-refractivity contribution in [1.82, 2.24) is 9.97 Å². The number of ether oxygens (including phenoxy) is 1. The van der Waals surface area contributed by atoms with Crippen LogP contribution in [0, 0.1) is 0 Å². The molecule has 1 aliphatic carbocycles. The lowest BCUT2D eigenvalue weighted by Gasteiger charge is -2.14. The Balaban J connectivity index is 2.23. The lowest BCUT2D eigenvalue weighted by atomic mass is 10.3. The highest BCUT2D eigenvalue weighted by molar-refractivity contribution is 5.37. The van der Waals surface area contributed by atoms with Gasteiger partial charge in [0.05, 0.1) is 0 Å². The third kappa shape index (κ3) is 3.00. The molecule has 1 aromatic rings. The standard InChI is InChI=1S/C10H13F3N4O/c11-10(12,13)9-15-7(17-14)5-8(16-9)18-6-3-1-2-4-6/h5-6H,1-4,14H2,(H,15,16,17). The number of nitrogen functional groups attached to an aromatic ring is 1. The zero-order valence-electron chi connectivity index (χ0n) is 9.50. The van der Waals surface area contributed by atoms with E-state index < -0.39 is 12.0 Å². The Morgan fingerprint density at radius 1 is 1.28 bits per heavy atom. The molecule has 0 saturated heterocycles. The molecule has 1 saturated carbocycles. The number of hydrazine groups is 1. The molecule has 1 heterocycles. The van der Waals surface area contributed by atoms with Gasteiger partial charge in [-0.2, -0.15) is 18.2 Å². The number of hydrogen-bond donors (Lipinski definition) is 2. The van der Waals surface area contributed by atoms with Crippen LogP contribution in [0.1, 0.15) is 31.5 Å². The van der Waals surface area contributed by atoms with Gasteiger partial charge in [-0.1, -0.05) is 0 Å². The maximum atomic E-state index is 12.5. The van der Waals surface area contributed by atoms with E-state index in [0.29, 0.717) is 0 Å². The number of hydrogen-bond acceptors (Lipinski definition) is 5. The van der Waals surface area contributed by atoms with Crippen LogP contribution in [0.2, 0.25) is 0 Å². The van der Waals surface area contributed by atoms with Gasteiger partial charge >= 0.3 is 6.18 Å². The van der Waals surface area contributed by atoms with Crippen LogP contribution in [0.15, 0.2) is 6.07 Å². The molecular formula is C10H13F3N4O. The average Bonchev–Trinajstić information content (AvgIpc) is 2.80. The van der Waals surface area contributed by atoms with Crippen LogP contribution in [0.4, 0.5) is 19.0 Å². The highest BCUT2D eigenvalue weighted by Gasteiger charge is 2.36. The number of nitrogens with one attached hydrogen (secondary N) is 1. The summed E-state index contributed by atoms with van der Waals surface area (Å²) >= 11 is 0. The van der Waals surface area contributed by atoms with Gasteiger partial charge in [0.15, 0.2) is 0 Å². The van der Waals surface area contributed by atoms with Gasteiger partial charge in [0, 0.05) is 6.07 Å². The maximum absolute atomic E-state index is 12.5. The normalized spacial score (nSPS) is 16.9. The molecule has 0 aromatic carbocycles. The monoisotopic (exact) mass is 262 g/mol. The van der Waals surface area contributed by atoms with E-state index in [4.69, 9.17) is 10.6 Å². The van der Waals surface area contributed by atoms with E-state index in [-0.39, 0.29) is 17.8 Å². The summed E-state index contributed by atoms with van der Waals surface area (Å²) in [6.07, 6.45) is -1.01. The van der Waals surface area contributed by atoms with Crippen molar-refractivity contribution in [3.8, 4) is 5.88 Å². The SMILES string of the molecule is NNc1cc(OC2CCCC2)nc(C(F)(F)F)n1. The summed E-state index contributed by atoms with van der Waals surface area (Å²) in [5.74, 6) is 3.60. The van der Waals surface area contributed by atoms with Crippen LogP contribution >= 0.6 is 0 Å². The number of alkyl halides is 3. The molecule has 100 valence electrons. The third-order valence-electron chi connectivity index (χ3n) is 2.69. The molecule has 8 heteroatoms. The quantitative estimate of drug-likeness (QED) is 0.644. The summed E-state index contributed by atoms with van der Waals surface area (Å²) in [5, 5.41) is 0. The Bertz CT molecular complexity index is 418. The van der Waals surface area contributed by atoms with Gasteiger partial charge in [-0.05, 0) is 25.7 Å². The molecule has 0 spiro atoms. The Kier molecular flexibility index (Phi) is 3.55. The predicted octanol–water partition coefficient (Wildman–Crippen LogP) is 2.10. The van der Waals surface area contributed by atoms with Crippen LogP contribution in [0.25, 0.3) is 0 Å². The minimum absolute atomic E-state index is 0.0772. The Morgan fingerprint density at radius 2 is 1.94 bits per heavy atom. The Labute approximate surface area is 102 Å². The largest absolute Gasteiger partial charge is 0.474 e. The molecule has 0 aliphatic heterocycles. The molecule has 0 amide bonds. The first kappa shape index (κ1) is 12.9. The second-order valence-electron chi connectivity index (χ2n) is 4.08. The first-order valence-corrected chi connectivity index (χ1v) is 5.58. The highest BCUT2D eigenvalue weighted by atomic mass is 19.4. The Hall–Kier alpha value is -1.57. The van der Waals surface area contributed by atoms with Crippen LogP contribution in [-0.2, 0) is 6.18 Å². The predicted molar refractivity (Wildman–Crippen MR) is 57.7 cm³/mol. The van der Waals surface area contributed by atoms with Gasteiger partial charge < -0.3 is 10.2 Å². The molecule has 5 nitrogen and oxygen atoms in total. The maximum Gasteiger partial charge on any atom is 0.451 e. The second kappa shape index (κ2) is 4.97. The summed E-state index contributed by atoms with van der Waals surface area (Å²) in [7, 11) is 0. The van der Waals surface area contributed by atoms with Crippen molar-refractivity contribution in [2.75, 3.05) is 5.43 Å². The van der Waals surface area contributed by atoms with Crippen LogP contribution in [0.5, 0.6) is 5.88 Å². The van der Waals surface area contributed by atoms with Crippen molar-refractivity contribution in [2.45, 2.75) is 38.0 Å². The molecule has 1 aliphatic rings. The molecule has 0 bridgehead atoms. The van der Waals surface area contributed by atoms with Crippen molar-refractivity contribution >= 4 is 5.82 Å². The summed E-state index contributed by atoms with van der Waals surface area (Å²) in [4.78, 5) is 6.61. The highest BCUT2D eigenvalue weighted by Crippen LogP contribution is 2.30. The molecule has 1 aromatic heterocycles. The van der Waals surface area contributed by atoms with E-state index in [1.165, 1.54) is 6.07 Å². The topological polar surface area (TPSA) is 73.1 Å². The van der Waals surface area contributed by atoms with Crippen LogP contribution in [0.3, 0.4) is 0 Å². The summed E-state index contributed by atoms with van der Waals surface area (Å²) in [6, 6.07) is 1.26. The minimum Gasteiger partial charge on any atom is -0.474 e. The fourth-order valence-electron chi connectivity index (χ4n) is 1.86. The minimum atomic E-state index is -4.62. The van der Waals surface area contributed by atoms with Gasteiger partial charge in [-0.25, -0.2) is 10.8 Å². The number of nitrogens with zero attached hydrogens (tertiary/aromatic N) is 2. The van der Waals surface area contributed by atoms with Gasteiger partial charge in [0.1, 0.15) is 11.9 Å². The fourth-order valence-corrected chi connectivity index (χ4v) is 1.86. The van der Waals surface area contributed by atoms with Gasteiger partial charge in [-0.3, -0.25) is 0 Å². The van der Waals surface area contributed by atoms with Crippen molar-refractivity contribution in [2.24, 2.45) is 5.84 Å². The van der Waals surface area contributed by atoms with Gasteiger partial charge in [0.2, 0.25) is 11.7 Å². The van der Waals surface area contributed by atoms with Crippen molar-refractivity contribution in [3.63, 3.8) is 0 Å². The van der Waals surface area contributed by atoms with E-state index >= 15 is 0 Å². The molecular weight excluding hydrogens is 249 g/mol. The first-order chi connectivity index (χ1) is 8.49. The van der Waals surface area contributed by atoms with Crippen molar-refractivity contribution in [1.29, 1.82) is 0 Å². The van der Waals surface area contributed by atoms with Gasteiger partial charge in [-0.15, -0.1) is 0 Å². The van der Waals surface area contributed by atoms with E-state index in [1.54, 1.807) is 0 Å². The zero-order valence-corrected chi connectivity index (χ0v) is 9.50. The fraction of sp³-hybridized carbons (Fsp3) is 0.600. The molecule has 18 heavy (non-hydrogen) atoms. The lowest BCUT2D eigenvalue weighted by molar-refractivity contribution is -0.145. The van der Waals surface area contributed by atoms with Crippen molar-refractivity contribution < 1.29 is 17.9 Å². The number of halogens is 3. The smallest absolute Gasteiger partial charge is 0.451 e. The summed E-state index contributed by atoms with van der Waals surface area (Å²) in [6.45, 7) is 0. The number of aromatic nitrogens is 2. The number of nitrogens with two attached hydrogens (primary N) is 1. The molecule has 1 fully saturated rings. The van der Waals surface area contributed by atoms with E-state index in [9.17, 15) is 13.2 Å². The molecule has 0 radical (unpaired) electrons.